The van der Waals surface area contributed by atoms with Crippen LogP contribution in [0.3, 0.4) is 0 Å². The van der Waals surface area contributed by atoms with E-state index in [2.05, 4.69) is 0 Å². The Morgan fingerprint density at radius 3 is 2.72 bits per heavy atom. The van der Waals surface area contributed by atoms with Crippen LogP contribution in [-0.2, 0) is 4.74 Å². The van der Waals surface area contributed by atoms with Crippen LogP contribution in [0.4, 0.5) is 0 Å². The average Bonchev–Trinajstić information content (AvgIpc) is 2.36. The second-order valence-electron chi connectivity index (χ2n) is 4.53. The van der Waals surface area contributed by atoms with Crippen LogP contribution >= 0.6 is 11.8 Å². The minimum absolute atomic E-state index is 0.205. The van der Waals surface area contributed by atoms with Crippen LogP contribution < -0.4 is 0 Å². The molecule has 0 aromatic heterocycles. The number of benzene rings is 2. The third kappa shape index (κ3) is 2.23. The third-order valence-corrected chi connectivity index (χ3v) is 4.58. The molecule has 2 aromatic rings. The molecule has 0 atom stereocenters. The Bertz CT molecular complexity index is 570. The lowest BCUT2D eigenvalue weighted by molar-refractivity contribution is 0.0461. The number of carbonyl (C=O) groups is 1. The monoisotopic (exact) mass is 258 g/mol. The maximum atomic E-state index is 12.1. The van der Waals surface area contributed by atoms with Gasteiger partial charge >= 0.3 is 5.97 Å². The number of rotatable bonds is 3. The first-order valence-corrected chi connectivity index (χ1v) is 7.23. The molecule has 18 heavy (non-hydrogen) atoms. The molecule has 0 spiro atoms. The number of thioether (sulfide) groups is 1. The molecule has 2 aromatic carbocycles. The zero-order valence-corrected chi connectivity index (χ0v) is 10.8. The number of hydrogen-bond acceptors (Lipinski definition) is 3. The fraction of sp³-hybridized carbons (Fsp3) is 0.267. The van der Waals surface area contributed by atoms with Crippen LogP contribution in [0.5, 0.6) is 0 Å². The summed E-state index contributed by atoms with van der Waals surface area (Å²) in [5.74, 6) is 2.57. The fourth-order valence-corrected chi connectivity index (χ4v) is 2.82. The van der Waals surface area contributed by atoms with Crippen molar-refractivity contribution in [3.8, 4) is 0 Å². The van der Waals surface area contributed by atoms with Crippen LogP contribution in [-0.4, -0.2) is 24.1 Å². The van der Waals surface area contributed by atoms with Gasteiger partial charge in [0.05, 0.1) is 12.2 Å². The summed E-state index contributed by atoms with van der Waals surface area (Å²) in [7, 11) is 0. The van der Waals surface area contributed by atoms with E-state index in [4.69, 9.17) is 4.74 Å². The summed E-state index contributed by atoms with van der Waals surface area (Å²) in [5.41, 5.74) is 0.667. The third-order valence-electron chi connectivity index (χ3n) is 3.17. The molecule has 0 saturated carbocycles. The smallest absolute Gasteiger partial charge is 0.338 e. The zero-order valence-electron chi connectivity index (χ0n) is 9.96. The Morgan fingerprint density at radius 1 is 1.17 bits per heavy atom. The maximum Gasteiger partial charge on any atom is 0.338 e. The van der Waals surface area contributed by atoms with Gasteiger partial charge in [0.2, 0.25) is 0 Å². The molecule has 2 nitrogen and oxygen atoms in total. The van der Waals surface area contributed by atoms with E-state index in [0.29, 0.717) is 18.1 Å². The molecule has 3 heteroatoms. The van der Waals surface area contributed by atoms with Crippen molar-refractivity contribution < 1.29 is 9.53 Å². The van der Waals surface area contributed by atoms with Gasteiger partial charge in [-0.2, -0.15) is 11.8 Å². The lowest BCUT2D eigenvalue weighted by atomic mass is 10.0. The minimum Gasteiger partial charge on any atom is -0.462 e. The second-order valence-corrected chi connectivity index (χ2v) is 5.60. The summed E-state index contributed by atoms with van der Waals surface area (Å²) >= 11 is 1.90. The van der Waals surface area contributed by atoms with Gasteiger partial charge in [-0.15, -0.1) is 0 Å². The van der Waals surface area contributed by atoms with Crippen molar-refractivity contribution in [1.29, 1.82) is 0 Å². The molecule has 0 bridgehead atoms. The molecule has 3 rings (SSSR count). The van der Waals surface area contributed by atoms with E-state index < -0.39 is 0 Å². The topological polar surface area (TPSA) is 26.3 Å². The normalized spacial score (nSPS) is 15.3. The van der Waals surface area contributed by atoms with Crippen molar-refractivity contribution in [3.05, 3.63) is 48.0 Å². The van der Waals surface area contributed by atoms with Gasteiger partial charge in [0.15, 0.2) is 0 Å². The first kappa shape index (κ1) is 11.6. The number of ether oxygens (including phenoxy) is 1. The van der Waals surface area contributed by atoms with E-state index in [9.17, 15) is 4.79 Å². The van der Waals surface area contributed by atoms with Crippen molar-refractivity contribution in [1.82, 2.24) is 0 Å². The number of carbonyl (C=O) groups excluding carboxylic acids is 1. The second kappa shape index (κ2) is 5.02. The van der Waals surface area contributed by atoms with Crippen molar-refractivity contribution in [2.45, 2.75) is 0 Å². The molecule has 0 radical (unpaired) electrons. The number of esters is 1. The molecule has 0 N–H and O–H groups in total. The molecule has 1 aliphatic rings. The largest absolute Gasteiger partial charge is 0.462 e. The van der Waals surface area contributed by atoms with Gasteiger partial charge in [0, 0.05) is 17.4 Å². The van der Waals surface area contributed by atoms with Crippen molar-refractivity contribution in [2.24, 2.45) is 5.92 Å². The Labute approximate surface area is 110 Å². The van der Waals surface area contributed by atoms with Gasteiger partial charge < -0.3 is 4.74 Å². The van der Waals surface area contributed by atoms with Crippen molar-refractivity contribution in [2.75, 3.05) is 18.1 Å². The van der Waals surface area contributed by atoms with E-state index in [-0.39, 0.29) is 5.97 Å². The Balaban J connectivity index is 1.81. The molecule has 1 fully saturated rings. The summed E-state index contributed by atoms with van der Waals surface area (Å²) in [6.07, 6.45) is 0. The molecule has 1 heterocycles. The number of hydrogen-bond donors (Lipinski definition) is 0. The van der Waals surface area contributed by atoms with Gasteiger partial charge in [0.1, 0.15) is 0 Å². The first-order valence-electron chi connectivity index (χ1n) is 6.07. The van der Waals surface area contributed by atoms with E-state index in [0.717, 1.165) is 22.3 Å². The summed E-state index contributed by atoms with van der Waals surface area (Å²) in [6, 6.07) is 13.6. The van der Waals surface area contributed by atoms with Crippen molar-refractivity contribution in [3.63, 3.8) is 0 Å². The summed E-state index contributed by atoms with van der Waals surface area (Å²) in [5, 5.41) is 2.04. The van der Waals surface area contributed by atoms with Gasteiger partial charge in [-0.3, -0.25) is 0 Å². The Hall–Kier alpha value is -1.48. The minimum atomic E-state index is -0.205. The molecule has 0 aliphatic carbocycles. The van der Waals surface area contributed by atoms with E-state index in [1.54, 1.807) is 0 Å². The maximum absolute atomic E-state index is 12.1. The predicted molar refractivity (Wildman–Crippen MR) is 75.0 cm³/mol. The summed E-state index contributed by atoms with van der Waals surface area (Å²) in [4.78, 5) is 12.1. The average molecular weight is 258 g/mol. The summed E-state index contributed by atoms with van der Waals surface area (Å²) < 4.78 is 5.39. The fourth-order valence-electron chi connectivity index (χ4n) is 2.06. The quantitative estimate of drug-likeness (QED) is 0.790. The summed E-state index contributed by atoms with van der Waals surface area (Å²) in [6.45, 7) is 0.551. The molecule has 0 amide bonds. The zero-order chi connectivity index (χ0) is 12.4. The van der Waals surface area contributed by atoms with Gasteiger partial charge in [-0.1, -0.05) is 36.4 Å². The molecule has 1 saturated heterocycles. The standard InChI is InChI=1S/C15H14O2S/c16-15(17-8-11-9-18-10-11)14-7-3-5-12-4-1-2-6-13(12)14/h1-7,11H,8-10H2. The molecular formula is C15H14O2S. The van der Waals surface area contributed by atoms with E-state index in [1.165, 1.54) is 0 Å². The molecule has 92 valence electrons. The highest BCUT2D eigenvalue weighted by atomic mass is 32.2. The molecule has 0 unspecified atom stereocenters. The first-order chi connectivity index (χ1) is 8.84. The van der Waals surface area contributed by atoms with Gasteiger partial charge in [-0.05, 0) is 16.8 Å². The van der Waals surface area contributed by atoms with Gasteiger partial charge in [-0.25, -0.2) is 4.79 Å². The van der Waals surface area contributed by atoms with Crippen LogP contribution in [0, 0.1) is 5.92 Å². The lowest BCUT2D eigenvalue weighted by Crippen LogP contribution is -2.25. The van der Waals surface area contributed by atoms with Crippen LogP contribution in [0.1, 0.15) is 10.4 Å². The SMILES string of the molecule is O=C(OCC1CSC1)c1cccc2ccccc12. The van der Waals surface area contributed by atoms with Crippen molar-refractivity contribution >= 4 is 28.5 Å². The number of fused-ring (bicyclic) bond motifs is 1. The van der Waals surface area contributed by atoms with E-state index in [1.807, 2.05) is 54.2 Å². The van der Waals surface area contributed by atoms with Crippen LogP contribution in [0.25, 0.3) is 10.8 Å². The Kier molecular flexibility index (Phi) is 3.24. The van der Waals surface area contributed by atoms with Crippen LogP contribution in [0.2, 0.25) is 0 Å². The predicted octanol–water partition coefficient (Wildman–Crippen LogP) is 3.36. The van der Waals surface area contributed by atoms with Crippen LogP contribution in [0.15, 0.2) is 42.5 Å². The lowest BCUT2D eigenvalue weighted by Gasteiger charge is -2.24. The highest BCUT2D eigenvalue weighted by Gasteiger charge is 2.20. The highest BCUT2D eigenvalue weighted by Crippen LogP contribution is 2.25. The molecule has 1 aliphatic heterocycles. The highest BCUT2D eigenvalue weighted by molar-refractivity contribution is 8.00. The molecular weight excluding hydrogens is 244 g/mol. The van der Waals surface area contributed by atoms with Gasteiger partial charge in [0.25, 0.3) is 0 Å². The Morgan fingerprint density at radius 2 is 1.94 bits per heavy atom. The van der Waals surface area contributed by atoms with E-state index >= 15 is 0 Å².